The van der Waals surface area contributed by atoms with Crippen LogP contribution in [0.3, 0.4) is 0 Å². The molecule has 3 heteroatoms. The van der Waals surface area contributed by atoms with E-state index in [0.717, 1.165) is 23.6 Å². The SMILES string of the molecule is CCOc1cccc(C=C(CNC(C)C)C(C)C)c1OC. The molecule has 0 spiro atoms. The fourth-order valence-corrected chi connectivity index (χ4v) is 2.08. The highest BCUT2D eigenvalue weighted by molar-refractivity contribution is 5.64. The van der Waals surface area contributed by atoms with Crippen molar-refractivity contribution in [1.82, 2.24) is 5.32 Å². The number of methoxy groups -OCH3 is 1. The highest BCUT2D eigenvalue weighted by atomic mass is 16.5. The van der Waals surface area contributed by atoms with E-state index in [1.165, 1.54) is 5.57 Å². The molecule has 0 bridgehead atoms. The summed E-state index contributed by atoms with van der Waals surface area (Å²) in [6, 6.07) is 6.50. The number of hydrogen-bond donors (Lipinski definition) is 1. The zero-order valence-electron chi connectivity index (χ0n) is 14.2. The molecule has 0 saturated carbocycles. The van der Waals surface area contributed by atoms with Gasteiger partial charge in [-0.2, -0.15) is 0 Å². The van der Waals surface area contributed by atoms with Crippen LogP contribution in [-0.4, -0.2) is 26.3 Å². The van der Waals surface area contributed by atoms with Crippen molar-refractivity contribution >= 4 is 6.08 Å². The van der Waals surface area contributed by atoms with Gasteiger partial charge in [0, 0.05) is 18.2 Å². The third-order valence-electron chi connectivity index (χ3n) is 3.31. The molecule has 0 unspecified atom stereocenters. The second kappa shape index (κ2) is 8.73. The predicted octanol–water partition coefficient (Wildman–Crippen LogP) is 4.13. The van der Waals surface area contributed by atoms with Gasteiger partial charge in [0.15, 0.2) is 11.5 Å². The van der Waals surface area contributed by atoms with E-state index in [1.54, 1.807) is 7.11 Å². The van der Waals surface area contributed by atoms with Gasteiger partial charge in [-0.3, -0.25) is 0 Å². The Morgan fingerprint density at radius 2 is 1.95 bits per heavy atom. The molecular weight excluding hydrogens is 262 g/mol. The van der Waals surface area contributed by atoms with E-state index in [0.29, 0.717) is 18.6 Å². The van der Waals surface area contributed by atoms with Crippen LogP contribution in [0.15, 0.2) is 23.8 Å². The van der Waals surface area contributed by atoms with Crippen molar-refractivity contribution in [3.8, 4) is 11.5 Å². The molecule has 21 heavy (non-hydrogen) atoms. The van der Waals surface area contributed by atoms with Crippen LogP contribution in [0.25, 0.3) is 6.08 Å². The van der Waals surface area contributed by atoms with Crippen molar-refractivity contribution in [3.05, 3.63) is 29.3 Å². The molecule has 0 aliphatic heterocycles. The molecule has 118 valence electrons. The first-order valence-electron chi connectivity index (χ1n) is 7.73. The molecule has 0 fully saturated rings. The van der Waals surface area contributed by atoms with Crippen molar-refractivity contribution < 1.29 is 9.47 Å². The number of nitrogens with one attached hydrogen (secondary N) is 1. The van der Waals surface area contributed by atoms with Crippen molar-refractivity contribution in [2.75, 3.05) is 20.3 Å². The average Bonchev–Trinajstić information content (AvgIpc) is 2.43. The average molecular weight is 291 g/mol. The maximum absolute atomic E-state index is 5.64. The van der Waals surface area contributed by atoms with E-state index in [4.69, 9.17) is 9.47 Å². The zero-order valence-corrected chi connectivity index (χ0v) is 14.2. The highest BCUT2D eigenvalue weighted by Gasteiger charge is 2.11. The van der Waals surface area contributed by atoms with Crippen LogP contribution >= 0.6 is 0 Å². The molecule has 3 nitrogen and oxygen atoms in total. The Balaban J connectivity index is 3.11. The van der Waals surface area contributed by atoms with Crippen molar-refractivity contribution in [2.24, 2.45) is 5.92 Å². The molecule has 0 aliphatic rings. The van der Waals surface area contributed by atoms with Crippen LogP contribution in [0.2, 0.25) is 0 Å². The minimum absolute atomic E-state index is 0.476. The van der Waals surface area contributed by atoms with Crippen molar-refractivity contribution in [3.63, 3.8) is 0 Å². The summed E-state index contributed by atoms with van der Waals surface area (Å²) in [6.45, 7) is 12.3. The van der Waals surface area contributed by atoms with E-state index in [2.05, 4.69) is 45.2 Å². The number of para-hydroxylation sites is 1. The summed E-state index contributed by atoms with van der Waals surface area (Å²) in [7, 11) is 1.69. The van der Waals surface area contributed by atoms with Crippen LogP contribution in [0.5, 0.6) is 11.5 Å². The quantitative estimate of drug-likeness (QED) is 0.781. The molecule has 0 amide bonds. The zero-order chi connectivity index (χ0) is 15.8. The van der Waals surface area contributed by atoms with Gasteiger partial charge in [-0.25, -0.2) is 0 Å². The Bertz CT molecular complexity index is 464. The lowest BCUT2D eigenvalue weighted by Gasteiger charge is -2.17. The monoisotopic (exact) mass is 291 g/mol. The Hall–Kier alpha value is -1.48. The van der Waals surface area contributed by atoms with E-state index in [9.17, 15) is 0 Å². The minimum atomic E-state index is 0.476. The van der Waals surface area contributed by atoms with E-state index < -0.39 is 0 Å². The number of benzene rings is 1. The first kappa shape index (κ1) is 17.6. The minimum Gasteiger partial charge on any atom is -0.492 e. The normalized spacial score (nSPS) is 12.1. The summed E-state index contributed by atoms with van der Waals surface area (Å²) in [4.78, 5) is 0. The lowest BCUT2D eigenvalue weighted by molar-refractivity contribution is 0.310. The highest BCUT2D eigenvalue weighted by Crippen LogP contribution is 2.33. The third-order valence-corrected chi connectivity index (χ3v) is 3.31. The van der Waals surface area contributed by atoms with Gasteiger partial charge in [0.25, 0.3) is 0 Å². The third kappa shape index (κ3) is 5.43. The van der Waals surface area contributed by atoms with Crippen LogP contribution < -0.4 is 14.8 Å². The van der Waals surface area contributed by atoms with Gasteiger partial charge in [-0.05, 0) is 18.9 Å². The lowest BCUT2D eigenvalue weighted by Crippen LogP contribution is -2.26. The fraction of sp³-hybridized carbons (Fsp3) is 0.556. The smallest absolute Gasteiger partial charge is 0.167 e. The molecule has 1 aromatic rings. The van der Waals surface area contributed by atoms with Crippen LogP contribution in [0, 0.1) is 5.92 Å². The maximum atomic E-state index is 5.64. The van der Waals surface area contributed by atoms with Gasteiger partial charge >= 0.3 is 0 Å². The summed E-state index contributed by atoms with van der Waals surface area (Å²) < 4.78 is 11.2. The fourth-order valence-electron chi connectivity index (χ4n) is 2.08. The number of hydrogen-bond acceptors (Lipinski definition) is 3. The lowest BCUT2D eigenvalue weighted by atomic mass is 9.99. The molecular formula is C18H29NO2. The van der Waals surface area contributed by atoms with Crippen molar-refractivity contribution in [2.45, 2.75) is 40.7 Å². The van der Waals surface area contributed by atoms with E-state index >= 15 is 0 Å². The first-order valence-corrected chi connectivity index (χ1v) is 7.73. The molecule has 1 N–H and O–H groups in total. The Morgan fingerprint density at radius 3 is 2.48 bits per heavy atom. The van der Waals surface area contributed by atoms with Crippen LogP contribution in [0.4, 0.5) is 0 Å². The Morgan fingerprint density at radius 1 is 1.24 bits per heavy atom. The van der Waals surface area contributed by atoms with Gasteiger partial charge in [0.05, 0.1) is 13.7 Å². The molecule has 0 atom stereocenters. The van der Waals surface area contributed by atoms with Gasteiger partial charge in [-0.15, -0.1) is 0 Å². The molecule has 0 radical (unpaired) electrons. The summed E-state index contributed by atoms with van der Waals surface area (Å²) in [5, 5.41) is 3.48. The van der Waals surface area contributed by atoms with Crippen molar-refractivity contribution in [1.29, 1.82) is 0 Å². The van der Waals surface area contributed by atoms with E-state index in [1.807, 2.05) is 19.1 Å². The Kier molecular flexibility index (Phi) is 7.30. The predicted molar refractivity (Wildman–Crippen MR) is 90.1 cm³/mol. The molecule has 0 aromatic heterocycles. The molecule has 0 saturated heterocycles. The van der Waals surface area contributed by atoms with Gasteiger partial charge in [-0.1, -0.05) is 51.5 Å². The molecule has 0 heterocycles. The number of rotatable bonds is 8. The first-order chi connectivity index (χ1) is 9.99. The Labute approximate surface area is 129 Å². The molecule has 0 aliphatic carbocycles. The second-order valence-electron chi connectivity index (χ2n) is 5.72. The maximum Gasteiger partial charge on any atom is 0.167 e. The topological polar surface area (TPSA) is 30.5 Å². The summed E-state index contributed by atoms with van der Waals surface area (Å²) in [5.74, 6) is 2.09. The summed E-state index contributed by atoms with van der Waals surface area (Å²) in [5.41, 5.74) is 2.42. The largest absolute Gasteiger partial charge is 0.492 e. The van der Waals surface area contributed by atoms with Gasteiger partial charge in [0.2, 0.25) is 0 Å². The van der Waals surface area contributed by atoms with Gasteiger partial charge < -0.3 is 14.8 Å². The second-order valence-corrected chi connectivity index (χ2v) is 5.72. The van der Waals surface area contributed by atoms with E-state index in [-0.39, 0.29) is 0 Å². The summed E-state index contributed by atoms with van der Waals surface area (Å²) in [6.07, 6.45) is 2.21. The summed E-state index contributed by atoms with van der Waals surface area (Å²) >= 11 is 0. The molecule has 1 aromatic carbocycles. The van der Waals surface area contributed by atoms with Gasteiger partial charge in [0.1, 0.15) is 0 Å². The van der Waals surface area contributed by atoms with Crippen LogP contribution in [0.1, 0.15) is 40.2 Å². The number of ether oxygens (including phenoxy) is 2. The molecule has 1 rings (SSSR count). The van der Waals surface area contributed by atoms with Crippen LogP contribution in [-0.2, 0) is 0 Å². The standard InChI is InChI=1S/C18H29NO2/c1-7-21-17-10-8-9-15(18(17)20-6)11-16(13(2)3)12-19-14(4)5/h8-11,13-14,19H,7,12H2,1-6H3.